The molecule has 148 valence electrons. The maximum Gasteiger partial charge on any atom is 0.273 e. The fourth-order valence-corrected chi connectivity index (χ4v) is 2.56. The van der Waals surface area contributed by atoms with Crippen LogP contribution in [0.25, 0.3) is 0 Å². The van der Waals surface area contributed by atoms with Gasteiger partial charge in [-0.15, -0.1) is 0 Å². The molecular weight excluding hydrogens is 368 g/mol. The molecule has 28 heavy (non-hydrogen) atoms. The number of oxime groups is 2. The first-order valence-electron chi connectivity index (χ1n) is 8.43. The molecule has 1 amide bonds. The van der Waals surface area contributed by atoms with Crippen molar-refractivity contribution in [3.63, 3.8) is 0 Å². The van der Waals surface area contributed by atoms with Crippen LogP contribution in [-0.4, -0.2) is 31.5 Å². The summed E-state index contributed by atoms with van der Waals surface area (Å²) in [5.74, 6) is -1.59. The van der Waals surface area contributed by atoms with E-state index < -0.39 is 17.5 Å². The van der Waals surface area contributed by atoms with E-state index in [2.05, 4.69) is 15.6 Å². The van der Waals surface area contributed by atoms with E-state index in [9.17, 15) is 13.6 Å². The zero-order chi connectivity index (χ0) is 20.7. The summed E-state index contributed by atoms with van der Waals surface area (Å²) in [5.41, 5.74) is 2.31. The molecule has 2 rings (SSSR count). The average Bonchev–Trinajstić information content (AvgIpc) is 2.68. The predicted octanol–water partition coefficient (Wildman–Crippen LogP) is 3.31. The number of rotatable bonds is 7. The summed E-state index contributed by atoms with van der Waals surface area (Å²) in [6.45, 7) is 3.36. The average molecular weight is 389 g/mol. The van der Waals surface area contributed by atoms with Crippen molar-refractivity contribution in [3.05, 3.63) is 70.3 Å². The van der Waals surface area contributed by atoms with Crippen LogP contribution in [0, 0.1) is 18.6 Å². The number of aryl methyl sites for hydroxylation is 1. The Morgan fingerprint density at radius 2 is 1.89 bits per heavy atom. The van der Waals surface area contributed by atoms with E-state index in [1.165, 1.54) is 21.1 Å². The summed E-state index contributed by atoms with van der Waals surface area (Å²) in [7, 11) is 2.83. The summed E-state index contributed by atoms with van der Waals surface area (Å²) in [4.78, 5) is 22.3. The van der Waals surface area contributed by atoms with Gasteiger partial charge >= 0.3 is 0 Å². The van der Waals surface area contributed by atoms with Gasteiger partial charge in [-0.3, -0.25) is 4.79 Å². The highest BCUT2D eigenvalue weighted by atomic mass is 19.1. The largest absolute Gasteiger partial charge is 0.398 e. The highest BCUT2D eigenvalue weighted by Gasteiger charge is 2.19. The van der Waals surface area contributed by atoms with Gasteiger partial charge in [0.05, 0.1) is 5.71 Å². The summed E-state index contributed by atoms with van der Waals surface area (Å²) >= 11 is 0. The molecule has 2 aromatic rings. The fraction of sp³-hybridized carbons (Fsp3) is 0.250. The number of hydrogen-bond acceptors (Lipinski definition) is 5. The van der Waals surface area contributed by atoms with Crippen LogP contribution in [0.2, 0.25) is 0 Å². The first-order chi connectivity index (χ1) is 13.4. The lowest BCUT2D eigenvalue weighted by molar-refractivity contribution is -0.114. The number of carbonyl (C=O) groups is 1. The third-order valence-electron chi connectivity index (χ3n) is 4.02. The summed E-state index contributed by atoms with van der Waals surface area (Å²) in [6.07, 6.45) is 0. The van der Waals surface area contributed by atoms with Crippen molar-refractivity contribution in [2.75, 3.05) is 14.2 Å². The van der Waals surface area contributed by atoms with Gasteiger partial charge < -0.3 is 15.0 Å². The lowest BCUT2D eigenvalue weighted by Crippen LogP contribution is -2.29. The van der Waals surface area contributed by atoms with Crippen LogP contribution in [0.3, 0.4) is 0 Å². The van der Waals surface area contributed by atoms with Crippen LogP contribution in [0.5, 0.6) is 0 Å². The maximum absolute atomic E-state index is 13.8. The Balaban J connectivity index is 2.31. The second-order valence-corrected chi connectivity index (χ2v) is 5.88. The Labute approximate surface area is 161 Å². The molecule has 0 aromatic heterocycles. The van der Waals surface area contributed by atoms with E-state index >= 15 is 0 Å². The van der Waals surface area contributed by atoms with Gasteiger partial charge in [0.2, 0.25) is 0 Å². The number of halogens is 2. The van der Waals surface area contributed by atoms with Gasteiger partial charge in [0.25, 0.3) is 5.91 Å². The Morgan fingerprint density at radius 1 is 1.14 bits per heavy atom. The normalized spacial score (nSPS) is 11.9. The lowest BCUT2D eigenvalue weighted by Gasteiger charge is -2.13. The standard InChI is InChI=1S/C20H21F2N3O3/c1-12-6-5-7-15(19(25-27-4)20(26)23-3)17(12)11-28-24-13(2)16-10-14(21)8-9-18(16)22/h5-10H,11H2,1-4H3,(H,23,26)/b24-13+,25-19+. The summed E-state index contributed by atoms with van der Waals surface area (Å²) < 4.78 is 27.2. The maximum atomic E-state index is 13.8. The molecule has 0 saturated heterocycles. The number of likely N-dealkylation sites (N-methyl/N-ethyl adjacent to an activating group) is 1. The van der Waals surface area contributed by atoms with Gasteiger partial charge in [0.15, 0.2) is 5.71 Å². The van der Waals surface area contributed by atoms with Crippen molar-refractivity contribution in [3.8, 4) is 0 Å². The Kier molecular flexibility index (Phi) is 7.20. The van der Waals surface area contributed by atoms with Crippen LogP contribution < -0.4 is 5.32 Å². The Morgan fingerprint density at radius 3 is 2.57 bits per heavy atom. The minimum atomic E-state index is -0.600. The van der Waals surface area contributed by atoms with Gasteiger partial charge in [-0.1, -0.05) is 28.5 Å². The minimum Gasteiger partial charge on any atom is -0.398 e. The van der Waals surface area contributed by atoms with Gasteiger partial charge in [-0.05, 0) is 37.6 Å². The molecule has 0 atom stereocenters. The van der Waals surface area contributed by atoms with Crippen molar-refractivity contribution in [2.24, 2.45) is 10.3 Å². The molecule has 2 aromatic carbocycles. The number of amides is 1. The van der Waals surface area contributed by atoms with Crippen molar-refractivity contribution >= 4 is 17.3 Å². The number of benzene rings is 2. The predicted molar refractivity (Wildman–Crippen MR) is 102 cm³/mol. The number of hydrogen-bond donors (Lipinski definition) is 1. The first-order valence-corrected chi connectivity index (χ1v) is 8.43. The smallest absolute Gasteiger partial charge is 0.273 e. The van der Waals surface area contributed by atoms with Crippen LogP contribution in [0.4, 0.5) is 8.78 Å². The van der Waals surface area contributed by atoms with E-state index in [0.29, 0.717) is 11.1 Å². The van der Waals surface area contributed by atoms with Crippen LogP contribution >= 0.6 is 0 Å². The van der Waals surface area contributed by atoms with Gasteiger partial charge in [-0.25, -0.2) is 8.78 Å². The molecular formula is C20H21F2N3O3. The molecule has 0 saturated carbocycles. The van der Waals surface area contributed by atoms with Gasteiger partial charge in [-0.2, -0.15) is 0 Å². The second-order valence-electron chi connectivity index (χ2n) is 5.88. The van der Waals surface area contributed by atoms with Crippen LogP contribution in [0.15, 0.2) is 46.7 Å². The summed E-state index contributed by atoms with van der Waals surface area (Å²) in [6, 6.07) is 8.44. The molecule has 0 spiro atoms. The molecule has 0 radical (unpaired) electrons. The van der Waals surface area contributed by atoms with Crippen molar-refractivity contribution in [1.82, 2.24) is 5.32 Å². The third kappa shape index (κ3) is 4.91. The minimum absolute atomic E-state index is 0.00396. The molecule has 0 heterocycles. The third-order valence-corrected chi connectivity index (χ3v) is 4.02. The molecule has 1 N–H and O–H groups in total. The van der Waals surface area contributed by atoms with E-state index in [1.807, 2.05) is 13.0 Å². The molecule has 6 nitrogen and oxygen atoms in total. The molecule has 0 bridgehead atoms. The highest BCUT2D eigenvalue weighted by Crippen LogP contribution is 2.18. The SMILES string of the molecule is CNC(=O)/C(=N/OC)c1cccc(C)c1CO/N=C(\C)c1cc(F)ccc1F. The highest BCUT2D eigenvalue weighted by molar-refractivity contribution is 6.45. The summed E-state index contributed by atoms with van der Waals surface area (Å²) in [5, 5.41) is 10.2. The van der Waals surface area contributed by atoms with E-state index in [4.69, 9.17) is 9.68 Å². The Hall–Kier alpha value is -3.29. The van der Waals surface area contributed by atoms with E-state index in [0.717, 1.165) is 23.8 Å². The van der Waals surface area contributed by atoms with Gasteiger partial charge in [0.1, 0.15) is 25.4 Å². The van der Waals surface area contributed by atoms with Gasteiger partial charge in [0, 0.05) is 23.7 Å². The Bertz CT molecular complexity index is 927. The number of carbonyl (C=O) groups excluding carboxylic acids is 1. The van der Waals surface area contributed by atoms with Crippen molar-refractivity contribution in [1.29, 1.82) is 0 Å². The number of nitrogens with zero attached hydrogens (tertiary/aromatic N) is 2. The van der Waals surface area contributed by atoms with Crippen LogP contribution in [0.1, 0.15) is 29.2 Å². The number of nitrogens with one attached hydrogen (secondary N) is 1. The zero-order valence-electron chi connectivity index (χ0n) is 16.0. The molecule has 0 unspecified atom stereocenters. The zero-order valence-corrected chi connectivity index (χ0v) is 16.0. The quantitative estimate of drug-likeness (QED) is 0.583. The van der Waals surface area contributed by atoms with Crippen molar-refractivity contribution in [2.45, 2.75) is 20.5 Å². The lowest BCUT2D eigenvalue weighted by atomic mass is 9.98. The fourth-order valence-electron chi connectivity index (χ4n) is 2.56. The molecule has 0 aliphatic rings. The van der Waals surface area contributed by atoms with E-state index in [-0.39, 0.29) is 23.6 Å². The topological polar surface area (TPSA) is 72.3 Å². The monoisotopic (exact) mass is 389 g/mol. The molecule has 0 aliphatic carbocycles. The second kappa shape index (κ2) is 9.59. The van der Waals surface area contributed by atoms with E-state index in [1.54, 1.807) is 12.1 Å². The first kappa shape index (κ1) is 21.0. The van der Waals surface area contributed by atoms with Crippen LogP contribution in [-0.2, 0) is 21.1 Å². The van der Waals surface area contributed by atoms with Crippen molar-refractivity contribution < 1.29 is 23.3 Å². The molecule has 8 heteroatoms. The molecule has 0 fully saturated rings. The molecule has 0 aliphatic heterocycles.